The van der Waals surface area contributed by atoms with Crippen molar-refractivity contribution in [3.8, 4) is 17.2 Å². The van der Waals surface area contributed by atoms with Crippen molar-refractivity contribution in [1.29, 1.82) is 0 Å². The van der Waals surface area contributed by atoms with Gasteiger partial charge >= 0.3 is 0 Å². The molecule has 0 saturated heterocycles. The van der Waals surface area contributed by atoms with Crippen molar-refractivity contribution >= 4 is 5.91 Å². The molecule has 5 nitrogen and oxygen atoms in total. The van der Waals surface area contributed by atoms with E-state index in [2.05, 4.69) is 19.2 Å². The van der Waals surface area contributed by atoms with Gasteiger partial charge in [0.25, 0.3) is 5.91 Å². The van der Waals surface area contributed by atoms with Crippen LogP contribution in [0.2, 0.25) is 0 Å². The zero-order valence-electron chi connectivity index (χ0n) is 15.3. The molecule has 134 valence electrons. The Kier molecular flexibility index (Phi) is 6.28. The van der Waals surface area contributed by atoms with E-state index < -0.39 is 0 Å². The van der Waals surface area contributed by atoms with Gasteiger partial charge in [-0.3, -0.25) is 4.79 Å². The van der Waals surface area contributed by atoms with Crippen molar-refractivity contribution in [2.24, 2.45) is 5.92 Å². The van der Waals surface area contributed by atoms with E-state index in [1.807, 2.05) is 24.3 Å². The van der Waals surface area contributed by atoms with Crippen LogP contribution >= 0.6 is 0 Å². The van der Waals surface area contributed by atoms with E-state index in [4.69, 9.17) is 14.2 Å². The Morgan fingerprint density at radius 2 is 1.48 bits per heavy atom. The molecule has 1 N–H and O–H groups in total. The molecule has 2 rings (SSSR count). The maximum Gasteiger partial charge on any atom is 0.255 e. The van der Waals surface area contributed by atoms with E-state index >= 15 is 0 Å². The summed E-state index contributed by atoms with van der Waals surface area (Å²) in [6, 6.07) is 12.8. The molecule has 5 heteroatoms. The Bertz CT molecular complexity index is 710. The molecule has 0 radical (unpaired) electrons. The van der Waals surface area contributed by atoms with Gasteiger partial charge in [0.1, 0.15) is 17.2 Å². The first-order valence-electron chi connectivity index (χ1n) is 8.17. The van der Waals surface area contributed by atoms with Gasteiger partial charge in [-0.05, 0) is 41.8 Å². The van der Waals surface area contributed by atoms with Gasteiger partial charge in [0, 0.05) is 0 Å². The van der Waals surface area contributed by atoms with Gasteiger partial charge in [-0.1, -0.05) is 26.0 Å². The van der Waals surface area contributed by atoms with Crippen LogP contribution in [-0.4, -0.2) is 27.2 Å². The number of amides is 1. The molecule has 0 bridgehead atoms. The summed E-state index contributed by atoms with van der Waals surface area (Å²) in [7, 11) is 4.74. The molecule has 1 atom stereocenters. The molecule has 0 fully saturated rings. The molecular formula is C20H25NO4. The number of carbonyl (C=O) groups excluding carboxylic acids is 1. The molecule has 2 aromatic carbocycles. The number of carbonyl (C=O) groups is 1. The fourth-order valence-corrected chi connectivity index (χ4v) is 2.66. The predicted molar refractivity (Wildman–Crippen MR) is 97.6 cm³/mol. The molecule has 0 aliphatic rings. The van der Waals surface area contributed by atoms with E-state index in [0.29, 0.717) is 17.1 Å². The lowest BCUT2D eigenvalue weighted by Gasteiger charge is -2.24. The third-order valence-electron chi connectivity index (χ3n) is 4.08. The maximum absolute atomic E-state index is 12.8. The highest BCUT2D eigenvalue weighted by Crippen LogP contribution is 2.27. The van der Waals surface area contributed by atoms with E-state index in [1.165, 1.54) is 0 Å². The summed E-state index contributed by atoms with van der Waals surface area (Å²) < 4.78 is 15.7. The third-order valence-corrected chi connectivity index (χ3v) is 4.08. The second-order valence-electron chi connectivity index (χ2n) is 6.03. The number of rotatable bonds is 7. The highest BCUT2D eigenvalue weighted by atomic mass is 16.5. The van der Waals surface area contributed by atoms with Gasteiger partial charge < -0.3 is 19.5 Å². The second-order valence-corrected chi connectivity index (χ2v) is 6.03. The Hall–Kier alpha value is -2.69. The first-order chi connectivity index (χ1) is 12.0. The molecule has 0 aromatic heterocycles. The number of nitrogens with one attached hydrogen (secondary N) is 1. The fourth-order valence-electron chi connectivity index (χ4n) is 2.66. The Balaban J connectivity index is 2.28. The Labute approximate surface area is 148 Å². The topological polar surface area (TPSA) is 56.8 Å². The lowest BCUT2D eigenvalue weighted by atomic mass is 9.95. The van der Waals surface area contributed by atoms with Crippen LogP contribution in [0, 0.1) is 5.92 Å². The van der Waals surface area contributed by atoms with Crippen LogP contribution in [0.1, 0.15) is 35.8 Å². The maximum atomic E-state index is 12.8. The van der Waals surface area contributed by atoms with Crippen LogP contribution < -0.4 is 19.5 Å². The Morgan fingerprint density at radius 1 is 0.880 bits per heavy atom. The van der Waals surface area contributed by atoms with Crippen LogP contribution in [0.3, 0.4) is 0 Å². The van der Waals surface area contributed by atoms with Crippen LogP contribution in [0.4, 0.5) is 0 Å². The number of benzene rings is 2. The molecule has 0 aliphatic carbocycles. The number of hydrogen-bond acceptors (Lipinski definition) is 4. The average Bonchev–Trinajstić information content (AvgIpc) is 2.65. The van der Waals surface area contributed by atoms with Crippen LogP contribution in [0.25, 0.3) is 0 Å². The Morgan fingerprint density at radius 3 is 2.00 bits per heavy atom. The lowest BCUT2D eigenvalue weighted by molar-refractivity contribution is 0.0922. The normalized spacial score (nSPS) is 11.8. The zero-order valence-corrected chi connectivity index (χ0v) is 15.3. The first kappa shape index (κ1) is 18.6. The minimum atomic E-state index is -0.203. The van der Waals surface area contributed by atoms with Crippen LogP contribution in [0.15, 0.2) is 42.5 Å². The lowest BCUT2D eigenvalue weighted by Crippen LogP contribution is -2.32. The highest BCUT2D eigenvalue weighted by molar-refractivity contribution is 5.97. The summed E-state index contributed by atoms with van der Waals surface area (Å²) in [5, 5.41) is 3.10. The molecule has 0 aliphatic heterocycles. The summed E-state index contributed by atoms with van der Waals surface area (Å²) in [4.78, 5) is 12.8. The second kappa shape index (κ2) is 8.42. The molecule has 25 heavy (non-hydrogen) atoms. The highest BCUT2D eigenvalue weighted by Gasteiger charge is 2.21. The summed E-state index contributed by atoms with van der Waals surface area (Å²) in [5.74, 6) is 1.92. The summed E-state index contributed by atoms with van der Waals surface area (Å²) in [5.41, 5.74) is 1.46. The largest absolute Gasteiger partial charge is 0.497 e. The van der Waals surface area contributed by atoms with Crippen molar-refractivity contribution in [1.82, 2.24) is 5.32 Å². The molecule has 1 unspecified atom stereocenters. The fraction of sp³-hybridized carbons (Fsp3) is 0.350. The van der Waals surface area contributed by atoms with Crippen molar-refractivity contribution in [3.05, 3.63) is 53.6 Å². The SMILES string of the molecule is COc1ccc(C(NC(=O)c2cc(OC)ccc2OC)C(C)C)cc1. The van der Waals surface area contributed by atoms with Crippen molar-refractivity contribution in [3.63, 3.8) is 0 Å². The molecular weight excluding hydrogens is 318 g/mol. The molecule has 0 saturated carbocycles. The van der Waals surface area contributed by atoms with Gasteiger partial charge in [0.05, 0.1) is 32.9 Å². The van der Waals surface area contributed by atoms with E-state index in [1.54, 1.807) is 39.5 Å². The zero-order chi connectivity index (χ0) is 18.4. The minimum Gasteiger partial charge on any atom is -0.497 e. The molecule has 1 amide bonds. The van der Waals surface area contributed by atoms with E-state index in [0.717, 1.165) is 11.3 Å². The summed E-state index contributed by atoms with van der Waals surface area (Å²) in [6.07, 6.45) is 0. The molecule has 0 heterocycles. The average molecular weight is 343 g/mol. The van der Waals surface area contributed by atoms with Gasteiger partial charge in [-0.15, -0.1) is 0 Å². The van der Waals surface area contributed by atoms with E-state index in [9.17, 15) is 4.79 Å². The van der Waals surface area contributed by atoms with Gasteiger partial charge in [-0.2, -0.15) is 0 Å². The standard InChI is InChI=1S/C20H25NO4/c1-13(2)19(14-6-8-15(23-3)9-7-14)21-20(22)17-12-16(24-4)10-11-18(17)25-5/h6-13,19H,1-5H3,(H,21,22). The smallest absolute Gasteiger partial charge is 0.255 e. The molecule has 2 aromatic rings. The van der Waals surface area contributed by atoms with Crippen molar-refractivity contribution in [2.75, 3.05) is 21.3 Å². The van der Waals surface area contributed by atoms with E-state index in [-0.39, 0.29) is 17.9 Å². The van der Waals surface area contributed by atoms with Gasteiger partial charge in [0.15, 0.2) is 0 Å². The quantitative estimate of drug-likeness (QED) is 0.830. The number of hydrogen-bond donors (Lipinski definition) is 1. The van der Waals surface area contributed by atoms with Gasteiger partial charge in [-0.25, -0.2) is 0 Å². The monoisotopic (exact) mass is 343 g/mol. The minimum absolute atomic E-state index is 0.130. The summed E-state index contributed by atoms with van der Waals surface area (Å²) in [6.45, 7) is 4.13. The number of ether oxygens (including phenoxy) is 3. The van der Waals surface area contributed by atoms with Crippen molar-refractivity contribution in [2.45, 2.75) is 19.9 Å². The van der Waals surface area contributed by atoms with Crippen molar-refractivity contribution < 1.29 is 19.0 Å². The summed E-state index contributed by atoms with van der Waals surface area (Å²) >= 11 is 0. The third kappa shape index (κ3) is 4.44. The predicted octanol–water partition coefficient (Wildman–Crippen LogP) is 3.84. The van der Waals surface area contributed by atoms with Crippen LogP contribution in [0.5, 0.6) is 17.2 Å². The first-order valence-corrected chi connectivity index (χ1v) is 8.17. The van der Waals surface area contributed by atoms with Gasteiger partial charge in [0.2, 0.25) is 0 Å². The molecule has 0 spiro atoms. The number of methoxy groups -OCH3 is 3. The van der Waals surface area contributed by atoms with Crippen LogP contribution in [-0.2, 0) is 0 Å².